The zero-order valence-electron chi connectivity index (χ0n) is 26.0. The van der Waals surface area contributed by atoms with Crippen LogP contribution in [-0.4, -0.2) is 19.9 Å². The molecule has 9 aromatic rings. The highest BCUT2D eigenvalue weighted by atomic mass is 14.8. The maximum Gasteiger partial charge on any atom is 0.0972 e. The minimum Gasteiger partial charge on any atom is -0.260 e. The van der Waals surface area contributed by atoms with Crippen LogP contribution in [0.5, 0.6) is 0 Å². The molecule has 48 heavy (non-hydrogen) atoms. The first kappa shape index (κ1) is 27.8. The molecule has 0 radical (unpaired) electrons. The summed E-state index contributed by atoms with van der Waals surface area (Å²) in [6, 6.07) is 54.9. The second-order valence-corrected chi connectivity index (χ2v) is 11.9. The van der Waals surface area contributed by atoms with Gasteiger partial charge < -0.3 is 0 Å². The Morgan fingerprint density at radius 1 is 0.292 bits per heavy atom. The molecule has 0 fully saturated rings. The van der Waals surface area contributed by atoms with Gasteiger partial charge in [0.2, 0.25) is 0 Å². The molecule has 0 spiro atoms. The number of hydrogen-bond donors (Lipinski definition) is 0. The van der Waals surface area contributed by atoms with Crippen molar-refractivity contribution in [1.29, 1.82) is 0 Å². The molecule has 4 nitrogen and oxygen atoms in total. The number of nitrogens with zero attached hydrogens (tertiary/aromatic N) is 4. The molecule has 9 rings (SSSR count). The summed E-state index contributed by atoms with van der Waals surface area (Å²) in [5, 5.41) is 4.63. The minimum atomic E-state index is 0.835. The Bertz CT molecular complexity index is 2590. The summed E-state index contributed by atoms with van der Waals surface area (Å²) in [5.41, 5.74) is 11.9. The lowest BCUT2D eigenvalue weighted by molar-refractivity contribution is 1.21. The Kier molecular flexibility index (Phi) is 6.76. The molecule has 0 unspecified atom stereocenters. The van der Waals surface area contributed by atoms with Gasteiger partial charge in [0.25, 0.3) is 0 Å². The lowest BCUT2D eigenvalue weighted by Crippen LogP contribution is -1.92. The van der Waals surface area contributed by atoms with E-state index in [-0.39, 0.29) is 0 Å². The van der Waals surface area contributed by atoms with Gasteiger partial charge in [0.05, 0.1) is 46.2 Å². The van der Waals surface area contributed by atoms with Gasteiger partial charge in [-0.25, -0.2) is 15.0 Å². The summed E-state index contributed by atoms with van der Waals surface area (Å²) >= 11 is 0. The number of fused-ring (bicyclic) bond motifs is 4. The fourth-order valence-corrected chi connectivity index (χ4v) is 6.45. The lowest BCUT2D eigenvalue weighted by atomic mass is 9.97. The topological polar surface area (TPSA) is 51.6 Å². The summed E-state index contributed by atoms with van der Waals surface area (Å²) in [4.78, 5) is 19.7. The Balaban J connectivity index is 1.05. The van der Waals surface area contributed by atoms with Crippen molar-refractivity contribution in [2.24, 2.45) is 0 Å². The average molecular weight is 613 g/mol. The van der Waals surface area contributed by atoms with Crippen molar-refractivity contribution in [3.63, 3.8) is 0 Å². The smallest absolute Gasteiger partial charge is 0.0972 e. The first-order valence-corrected chi connectivity index (χ1v) is 16.0. The van der Waals surface area contributed by atoms with E-state index in [1.165, 1.54) is 21.9 Å². The first-order chi connectivity index (χ1) is 23.8. The Morgan fingerprint density at radius 3 is 1.40 bits per heavy atom. The van der Waals surface area contributed by atoms with E-state index in [4.69, 9.17) is 15.0 Å². The highest BCUT2D eigenvalue weighted by molar-refractivity contribution is 6.04. The van der Waals surface area contributed by atoms with E-state index in [1.807, 2.05) is 36.5 Å². The molecule has 0 saturated carbocycles. The van der Waals surface area contributed by atoms with E-state index in [0.717, 1.165) is 66.8 Å². The van der Waals surface area contributed by atoms with Crippen molar-refractivity contribution in [1.82, 2.24) is 19.9 Å². The Morgan fingerprint density at radius 2 is 0.771 bits per heavy atom. The number of rotatable bonds is 5. The molecule has 0 amide bonds. The molecule has 0 saturated heterocycles. The molecule has 0 aliphatic rings. The highest BCUT2D eigenvalue weighted by Gasteiger charge is 2.11. The fourth-order valence-electron chi connectivity index (χ4n) is 6.45. The number of pyridine rings is 2. The van der Waals surface area contributed by atoms with E-state index in [2.05, 4.69) is 132 Å². The summed E-state index contributed by atoms with van der Waals surface area (Å²) < 4.78 is 0. The standard InChI is InChI=1S/C44H28N4/c1-2-8-31(9-3-1)41-27-45-28-42(46-41)34-19-17-33(18-20-34)40-26-24-36-22-21-35-23-25-39(47-43(35)44(36)48-40)32-15-13-30(14-16-32)38-12-6-10-29-7-4-5-11-37(29)38/h1-28H. The Hall–Kier alpha value is -6.52. The van der Waals surface area contributed by atoms with E-state index in [1.54, 1.807) is 6.20 Å². The van der Waals surface area contributed by atoms with Gasteiger partial charge in [0.1, 0.15) is 0 Å². The SMILES string of the molecule is c1ccc(-c2cncc(-c3ccc(-c4ccc5ccc6ccc(-c7ccc(-c8cccc9ccccc89)cc7)nc6c5n4)cc3)n2)cc1. The van der Waals surface area contributed by atoms with Crippen LogP contribution in [0.3, 0.4) is 0 Å². The zero-order chi connectivity index (χ0) is 31.9. The molecule has 224 valence electrons. The lowest BCUT2D eigenvalue weighted by Gasteiger charge is -2.10. The summed E-state index contributed by atoms with van der Waals surface area (Å²) in [5.74, 6) is 0. The van der Waals surface area contributed by atoms with Crippen LogP contribution in [0.1, 0.15) is 0 Å². The maximum atomic E-state index is 5.17. The molecule has 0 aliphatic heterocycles. The fraction of sp³-hybridized carbons (Fsp3) is 0. The van der Waals surface area contributed by atoms with Crippen molar-refractivity contribution >= 4 is 32.6 Å². The van der Waals surface area contributed by atoms with E-state index in [0.29, 0.717) is 0 Å². The van der Waals surface area contributed by atoms with E-state index in [9.17, 15) is 0 Å². The molecule has 6 aromatic carbocycles. The molecule has 4 heteroatoms. The predicted octanol–water partition coefficient (Wildman–Crippen LogP) is 11.1. The third kappa shape index (κ3) is 5.06. The first-order valence-electron chi connectivity index (χ1n) is 16.0. The molecular weight excluding hydrogens is 585 g/mol. The molecule has 3 aromatic heterocycles. The quantitative estimate of drug-likeness (QED) is 0.181. The van der Waals surface area contributed by atoms with Gasteiger partial charge in [0.15, 0.2) is 0 Å². The second-order valence-electron chi connectivity index (χ2n) is 11.9. The summed E-state index contributed by atoms with van der Waals surface area (Å²) in [6.45, 7) is 0. The number of benzene rings is 6. The third-order valence-corrected chi connectivity index (χ3v) is 8.98. The molecule has 0 aliphatic carbocycles. The molecule has 0 N–H and O–H groups in total. The average Bonchev–Trinajstić information content (AvgIpc) is 3.18. The van der Waals surface area contributed by atoms with Gasteiger partial charge in [-0.15, -0.1) is 0 Å². The van der Waals surface area contributed by atoms with Crippen LogP contribution < -0.4 is 0 Å². The second kappa shape index (κ2) is 11.7. The van der Waals surface area contributed by atoms with Gasteiger partial charge in [-0.3, -0.25) is 4.98 Å². The van der Waals surface area contributed by atoms with E-state index < -0.39 is 0 Å². The van der Waals surface area contributed by atoms with Crippen LogP contribution in [-0.2, 0) is 0 Å². The van der Waals surface area contributed by atoms with Crippen LogP contribution >= 0.6 is 0 Å². The van der Waals surface area contributed by atoms with E-state index >= 15 is 0 Å². The van der Waals surface area contributed by atoms with Crippen LogP contribution in [0.25, 0.3) is 88.7 Å². The van der Waals surface area contributed by atoms with Crippen LogP contribution in [0.2, 0.25) is 0 Å². The molecular formula is C44H28N4. The Labute approximate surface area is 278 Å². The van der Waals surface area contributed by atoms with Crippen LogP contribution in [0.4, 0.5) is 0 Å². The summed E-state index contributed by atoms with van der Waals surface area (Å²) in [7, 11) is 0. The van der Waals surface area contributed by atoms with Crippen LogP contribution in [0.15, 0.2) is 170 Å². The largest absolute Gasteiger partial charge is 0.260 e. The predicted molar refractivity (Wildman–Crippen MR) is 197 cm³/mol. The van der Waals surface area contributed by atoms with Crippen molar-refractivity contribution in [2.75, 3.05) is 0 Å². The van der Waals surface area contributed by atoms with Crippen molar-refractivity contribution in [3.05, 3.63) is 170 Å². The van der Waals surface area contributed by atoms with Gasteiger partial charge in [-0.1, -0.05) is 146 Å². The van der Waals surface area contributed by atoms with Gasteiger partial charge in [0, 0.05) is 33.0 Å². The van der Waals surface area contributed by atoms with Crippen LogP contribution in [0, 0.1) is 0 Å². The highest BCUT2D eigenvalue weighted by Crippen LogP contribution is 2.33. The van der Waals surface area contributed by atoms with Crippen molar-refractivity contribution in [3.8, 4) is 56.2 Å². The van der Waals surface area contributed by atoms with Crippen molar-refractivity contribution in [2.45, 2.75) is 0 Å². The van der Waals surface area contributed by atoms with Gasteiger partial charge in [-0.2, -0.15) is 0 Å². The number of hydrogen-bond acceptors (Lipinski definition) is 4. The number of aromatic nitrogens is 4. The molecule has 0 atom stereocenters. The van der Waals surface area contributed by atoms with Gasteiger partial charge in [-0.05, 0) is 34.0 Å². The minimum absolute atomic E-state index is 0.835. The maximum absolute atomic E-state index is 5.17. The third-order valence-electron chi connectivity index (χ3n) is 8.98. The molecule has 3 heterocycles. The van der Waals surface area contributed by atoms with Crippen molar-refractivity contribution < 1.29 is 0 Å². The summed E-state index contributed by atoms with van der Waals surface area (Å²) in [6.07, 6.45) is 3.61. The monoisotopic (exact) mass is 612 g/mol. The van der Waals surface area contributed by atoms with Gasteiger partial charge >= 0.3 is 0 Å². The normalized spacial score (nSPS) is 11.3. The zero-order valence-corrected chi connectivity index (χ0v) is 26.0. The molecule has 0 bridgehead atoms.